The van der Waals surface area contributed by atoms with Gasteiger partial charge in [-0.15, -0.1) is 0 Å². The van der Waals surface area contributed by atoms with Crippen LogP contribution in [0, 0.1) is 0 Å². The van der Waals surface area contributed by atoms with E-state index >= 15 is 0 Å². The Morgan fingerprint density at radius 2 is 1.85 bits per heavy atom. The summed E-state index contributed by atoms with van der Waals surface area (Å²) in [6.07, 6.45) is -2.79. The molecule has 0 unspecified atom stereocenters. The van der Waals surface area contributed by atoms with Gasteiger partial charge in [-0.25, -0.2) is 10.8 Å². The summed E-state index contributed by atoms with van der Waals surface area (Å²) in [6, 6.07) is 7.94. The molecule has 0 aliphatic rings. The van der Waals surface area contributed by atoms with Crippen LogP contribution in [0.2, 0.25) is 0 Å². The number of pyridine rings is 1. The predicted molar refractivity (Wildman–Crippen MR) is 67.8 cm³/mol. The maximum absolute atomic E-state index is 12.4. The number of hydrogen-bond donors (Lipinski definition) is 2. The molecule has 0 aliphatic carbocycles. The number of alkyl halides is 3. The predicted octanol–water partition coefficient (Wildman–Crippen LogP) is 2.97. The molecule has 0 aliphatic heterocycles. The van der Waals surface area contributed by atoms with E-state index in [-0.39, 0.29) is 6.61 Å². The highest BCUT2D eigenvalue weighted by molar-refractivity contribution is 5.36. The molecule has 20 heavy (non-hydrogen) atoms. The van der Waals surface area contributed by atoms with Gasteiger partial charge >= 0.3 is 6.18 Å². The second-order valence-electron chi connectivity index (χ2n) is 4.00. The van der Waals surface area contributed by atoms with E-state index in [9.17, 15) is 13.2 Å². The summed E-state index contributed by atoms with van der Waals surface area (Å²) in [7, 11) is 0. The van der Waals surface area contributed by atoms with E-state index in [1.165, 1.54) is 12.1 Å². The van der Waals surface area contributed by atoms with E-state index in [0.29, 0.717) is 11.6 Å². The minimum Gasteiger partial charge on any atom is -0.489 e. The smallest absolute Gasteiger partial charge is 0.416 e. The Morgan fingerprint density at radius 3 is 2.45 bits per heavy atom. The van der Waals surface area contributed by atoms with Crippen LogP contribution >= 0.6 is 0 Å². The SMILES string of the molecule is NNc1cc(COc2ccc(C(F)(F)F)cc2)ccn1. The zero-order chi connectivity index (χ0) is 14.6. The van der Waals surface area contributed by atoms with E-state index in [1.807, 2.05) is 0 Å². The molecule has 0 amide bonds. The summed E-state index contributed by atoms with van der Waals surface area (Å²) < 4.78 is 42.6. The highest BCUT2D eigenvalue weighted by atomic mass is 19.4. The lowest BCUT2D eigenvalue weighted by molar-refractivity contribution is -0.137. The van der Waals surface area contributed by atoms with Gasteiger partial charge in [0.1, 0.15) is 18.2 Å². The first kappa shape index (κ1) is 14.1. The summed E-state index contributed by atoms with van der Waals surface area (Å²) in [5, 5.41) is 0. The van der Waals surface area contributed by atoms with E-state index in [0.717, 1.165) is 17.7 Å². The van der Waals surface area contributed by atoms with Gasteiger partial charge in [0.25, 0.3) is 0 Å². The average Bonchev–Trinajstić information content (AvgIpc) is 2.45. The number of hydrogen-bond acceptors (Lipinski definition) is 4. The summed E-state index contributed by atoms with van der Waals surface area (Å²) in [4.78, 5) is 3.93. The summed E-state index contributed by atoms with van der Waals surface area (Å²) in [5.41, 5.74) is 2.49. The van der Waals surface area contributed by atoms with Crippen LogP contribution in [0.25, 0.3) is 0 Å². The average molecular weight is 283 g/mol. The number of aromatic nitrogens is 1. The number of ether oxygens (including phenoxy) is 1. The fourth-order valence-corrected chi connectivity index (χ4v) is 1.55. The molecule has 0 saturated heterocycles. The molecule has 0 fully saturated rings. The number of benzene rings is 1. The Kier molecular flexibility index (Phi) is 4.09. The summed E-state index contributed by atoms with van der Waals surface area (Å²) in [5.74, 6) is 6.07. The van der Waals surface area contributed by atoms with Crippen LogP contribution in [0.4, 0.5) is 19.0 Å². The van der Waals surface area contributed by atoms with Crippen molar-refractivity contribution in [1.82, 2.24) is 4.98 Å². The fraction of sp³-hybridized carbons (Fsp3) is 0.154. The molecule has 4 nitrogen and oxygen atoms in total. The van der Waals surface area contributed by atoms with Crippen molar-refractivity contribution in [3.05, 3.63) is 53.7 Å². The number of nitrogens with zero attached hydrogens (tertiary/aromatic N) is 1. The monoisotopic (exact) mass is 283 g/mol. The molecule has 0 saturated carbocycles. The number of hydrazine groups is 1. The Balaban J connectivity index is 2.00. The number of nitrogens with one attached hydrogen (secondary N) is 1. The highest BCUT2D eigenvalue weighted by Gasteiger charge is 2.29. The van der Waals surface area contributed by atoms with Crippen LogP contribution in [-0.2, 0) is 12.8 Å². The van der Waals surface area contributed by atoms with Crippen molar-refractivity contribution < 1.29 is 17.9 Å². The molecule has 1 aromatic heterocycles. The molecule has 0 bridgehead atoms. The molecule has 0 radical (unpaired) electrons. The lowest BCUT2D eigenvalue weighted by Crippen LogP contribution is -2.09. The maximum Gasteiger partial charge on any atom is 0.416 e. The molecule has 1 aromatic carbocycles. The second kappa shape index (κ2) is 5.79. The topological polar surface area (TPSA) is 60.2 Å². The first-order valence-electron chi connectivity index (χ1n) is 5.70. The van der Waals surface area contributed by atoms with Crippen LogP contribution < -0.4 is 16.0 Å². The normalized spacial score (nSPS) is 11.2. The Hall–Kier alpha value is -2.28. The molecule has 106 valence electrons. The van der Waals surface area contributed by atoms with Crippen molar-refractivity contribution >= 4 is 5.82 Å². The number of nitrogen functional groups attached to an aromatic ring is 1. The molecule has 2 rings (SSSR count). The molecule has 3 N–H and O–H groups in total. The van der Waals surface area contributed by atoms with Crippen molar-refractivity contribution in [3.63, 3.8) is 0 Å². The van der Waals surface area contributed by atoms with Crippen LogP contribution in [-0.4, -0.2) is 4.98 Å². The lowest BCUT2D eigenvalue weighted by Gasteiger charge is -2.09. The van der Waals surface area contributed by atoms with Crippen molar-refractivity contribution in [2.24, 2.45) is 5.84 Å². The lowest BCUT2D eigenvalue weighted by atomic mass is 10.2. The van der Waals surface area contributed by atoms with E-state index in [2.05, 4.69) is 10.4 Å². The van der Waals surface area contributed by atoms with Gasteiger partial charge in [0.15, 0.2) is 0 Å². The fourth-order valence-electron chi connectivity index (χ4n) is 1.55. The van der Waals surface area contributed by atoms with E-state index in [4.69, 9.17) is 10.6 Å². The molecule has 7 heteroatoms. The second-order valence-corrected chi connectivity index (χ2v) is 4.00. The van der Waals surface area contributed by atoms with Gasteiger partial charge in [0, 0.05) is 6.20 Å². The van der Waals surface area contributed by atoms with Crippen molar-refractivity contribution in [1.29, 1.82) is 0 Å². The van der Waals surface area contributed by atoms with E-state index < -0.39 is 11.7 Å². The zero-order valence-corrected chi connectivity index (χ0v) is 10.3. The minimum atomic E-state index is -4.34. The molecular weight excluding hydrogens is 271 g/mol. The number of halogens is 3. The summed E-state index contributed by atoms with van der Waals surface area (Å²) >= 11 is 0. The number of anilines is 1. The van der Waals surface area contributed by atoms with Crippen LogP contribution in [0.1, 0.15) is 11.1 Å². The third-order valence-corrected chi connectivity index (χ3v) is 2.56. The molecular formula is C13H12F3N3O. The van der Waals surface area contributed by atoms with Crippen LogP contribution in [0.15, 0.2) is 42.6 Å². The molecule has 1 heterocycles. The van der Waals surface area contributed by atoms with Gasteiger partial charge in [0.05, 0.1) is 5.56 Å². The molecule has 0 spiro atoms. The molecule has 0 atom stereocenters. The van der Waals surface area contributed by atoms with Crippen molar-refractivity contribution in [2.45, 2.75) is 12.8 Å². The number of nitrogens with two attached hydrogens (primary N) is 1. The first-order valence-corrected chi connectivity index (χ1v) is 5.70. The van der Waals surface area contributed by atoms with Gasteiger partial charge in [0.2, 0.25) is 0 Å². The minimum absolute atomic E-state index is 0.211. The standard InChI is InChI=1S/C13H12F3N3O/c14-13(15,16)10-1-3-11(4-2-10)20-8-9-5-6-18-12(7-9)19-17/h1-7H,8,17H2,(H,18,19). The zero-order valence-electron chi connectivity index (χ0n) is 10.3. The van der Waals surface area contributed by atoms with Gasteiger partial charge in [-0.3, -0.25) is 0 Å². The third-order valence-electron chi connectivity index (χ3n) is 2.56. The van der Waals surface area contributed by atoms with Gasteiger partial charge < -0.3 is 10.2 Å². The van der Waals surface area contributed by atoms with Gasteiger partial charge in [-0.05, 0) is 42.0 Å². The quantitative estimate of drug-likeness (QED) is 0.669. The van der Waals surface area contributed by atoms with E-state index in [1.54, 1.807) is 18.3 Å². The van der Waals surface area contributed by atoms with Gasteiger partial charge in [-0.1, -0.05) is 0 Å². The molecule has 2 aromatic rings. The highest BCUT2D eigenvalue weighted by Crippen LogP contribution is 2.30. The number of rotatable bonds is 4. The third kappa shape index (κ3) is 3.61. The van der Waals surface area contributed by atoms with Crippen molar-refractivity contribution in [3.8, 4) is 5.75 Å². The van der Waals surface area contributed by atoms with Crippen molar-refractivity contribution in [2.75, 3.05) is 5.43 Å². The summed E-state index contributed by atoms with van der Waals surface area (Å²) in [6.45, 7) is 0.211. The largest absolute Gasteiger partial charge is 0.489 e. The Labute approximate surface area is 113 Å². The van der Waals surface area contributed by atoms with Gasteiger partial charge in [-0.2, -0.15) is 13.2 Å². The maximum atomic E-state index is 12.4. The Bertz CT molecular complexity index is 570. The Morgan fingerprint density at radius 1 is 1.15 bits per heavy atom. The van der Waals surface area contributed by atoms with Crippen LogP contribution in [0.5, 0.6) is 5.75 Å². The first-order chi connectivity index (χ1) is 9.49. The van der Waals surface area contributed by atoms with Crippen LogP contribution in [0.3, 0.4) is 0 Å².